The minimum atomic E-state index is 0.661. The minimum Gasteiger partial charge on any atom is -0.303 e. The Labute approximate surface area is 110 Å². The van der Waals surface area contributed by atoms with Crippen LogP contribution in [0.15, 0.2) is 24.5 Å². The highest BCUT2D eigenvalue weighted by molar-refractivity contribution is 5.16. The molecule has 98 valence electrons. The molecule has 2 fully saturated rings. The van der Waals surface area contributed by atoms with E-state index in [2.05, 4.69) is 35.1 Å². The Hall–Kier alpha value is -0.890. The lowest BCUT2D eigenvalue weighted by atomic mass is 9.68. The lowest BCUT2D eigenvalue weighted by Gasteiger charge is -2.37. The summed E-state index contributed by atoms with van der Waals surface area (Å²) < 4.78 is 0. The normalized spacial score (nSPS) is 33.1. The van der Waals surface area contributed by atoms with Gasteiger partial charge in [-0.15, -0.1) is 0 Å². The molecule has 1 aromatic rings. The van der Waals surface area contributed by atoms with Gasteiger partial charge in [-0.25, -0.2) is 0 Å². The maximum atomic E-state index is 4.27. The van der Waals surface area contributed by atoms with E-state index in [4.69, 9.17) is 0 Å². The summed E-state index contributed by atoms with van der Waals surface area (Å²) in [6.45, 7) is 6.20. The van der Waals surface area contributed by atoms with E-state index < -0.39 is 0 Å². The smallest absolute Gasteiger partial charge is 0.0302 e. The highest BCUT2D eigenvalue weighted by atomic mass is 15.1. The van der Waals surface area contributed by atoms with Crippen molar-refractivity contribution in [1.29, 1.82) is 0 Å². The van der Waals surface area contributed by atoms with Crippen molar-refractivity contribution >= 4 is 0 Å². The summed E-state index contributed by atoms with van der Waals surface area (Å²) in [5.74, 6) is 0.764. The van der Waals surface area contributed by atoms with Crippen LogP contribution in [-0.2, 0) is 0 Å². The SMILES string of the molecule is CCN1CCC2(CCC(c3cccnc3)CC2)C1. The quantitative estimate of drug-likeness (QED) is 0.792. The minimum absolute atomic E-state index is 0.661. The third kappa shape index (κ3) is 2.31. The van der Waals surface area contributed by atoms with Crippen molar-refractivity contribution < 1.29 is 0 Å². The van der Waals surface area contributed by atoms with E-state index in [-0.39, 0.29) is 0 Å². The highest BCUT2D eigenvalue weighted by Crippen LogP contribution is 2.47. The van der Waals surface area contributed by atoms with E-state index in [0.717, 1.165) is 5.92 Å². The van der Waals surface area contributed by atoms with Crippen LogP contribution < -0.4 is 0 Å². The molecule has 1 saturated carbocycles. The fourth-order valence-corrected chi connectivity index (χ4v) is 3.89. The van der Waals surface area contributed by atoms with Gasteiger partial charge in [0, 0.05) is 18.9 Å². The van der Waals surface area contributed by atoms with Crippen LogP contribution in [0.25, 0.3) is 0 Å². The summed E-state index contributed by atoms with van der Waals surface area (Å²) in [5, 5.41) is 0. The molecule has 1 aliphatic carbocycles. The molecule has 0 atom stereocenters. The predicted octanol–water partition coefficient (Wildman–Crippen LogP) is 3.45. The fourth-order valence-electron chi connectivity index (χ4n) is 3.89. The molecule has 1 spiro atoms. The van der Waals surface area contributed by atoms with E-state index >= 15 is 0 Å². The van der Waals surface area contributed by atoms with Crippen LogP contribution >= 0.6 is 0 Å². The summed E-state index contributed by atoms with van der Waals surface area (Å²) in [5.41, 5.74) is 2.12. The zero-order valence-corrected chi connectivity index (χ0v) is 11.4. The van der Waals surface area contributed by atoms with Gasteiger partial charge in [-0.05, 0) is 68.2 Å². The third-order valence-corrected chi connectivity index (χ3v) is 5.17. The maximum Gasteiger partial charge on any atom is 0.0302 e. The lowest BCUT2D eigenvalue weighted by molar-refractivity contribution is 0.175. The molecule has 2 aliphatic rings. The molecule has 1 aromatic heterocycles. The van der Waals surface area contributed by atoms with Crippen LogP contribution in [0.3, 0.4) is 0 Å². The van der Waals surface area contributed by atoms with Gasteiger partial charge in [-0.1, -0.05) is 13.0 Å². The molecule has 0 aromatic carbocycles. The van der Waals surface area contributed by atoms with Crippen molar-refractivity contribution in [2.45, 2.75) is 44.9 Å². The molecule has 0 bridgehead atoms. The number of rotatable bonds is 2. The second-order valence-corrected chi connectivity index (χ2v) is 6.18. The summed E-state index contributed by atoms with van der Waals surface area (Å²) >= 11 is 0. The molecule has 0 radical (unpaired) electrons. The van der Waals surface area contributed by atoms with Gasteiger partial charge in [0.2, 0.25) is 0 Å². The number of pyridine rings is 1. The Morgan fingerprint density at radius 1 is 1.33 bits per heavy atom. The third-order valence-electron chi connectivity index (χ3n) is 5.17. The molecule has 1 saturated heterocycles. The molecule has 0 unspecified atom stereocenters. The summed E-state index contributed by atoms with van der Waals surface area (Å²) in [4.78, 5) is 6.90. The van der Waals surface area contributed by atoms with Gasteiger partial charge in [0.05, 0.1) is 0 Å². The molecule has 1 aliphatic heterocycles. The van der Waals surface area contributed by atoms with Crippen LogP contribution in [-0.4, -0.2) is 29.5 Å². The summed E-state index contributed by atoms with van der Waals surface area (Å²) in [6.07, 6.45) is 10.9. The topological polar surface area (TPSA) is 16.1 Å². The molecular weight excluding hydrogens is 220 g/mol. The van der Waals surface area contributed by atoms with Crippen LogP contribution in [0.4, 0.5) is 0 Å². The van der Waals surface area contributed by atoms with Gasteiger partial charge in [-0.2, -0.15) is 0 Å². The largest absolute Gasteiger partial charge is 0.303 e. The first kappa shape index (κ1) is 12.2. The first-order valence-corrected chi connectivity index (χ1v) is 7.44. The van der Waals surface area contributed by atoms with Crippen molar-refractivity contribution in [3.05, 3.63) is 30.1 Å². The molecule has 3 rings (SSSR count). The second kappa shape index (κ2) is 5.00. The molecular formula is C16H24N2. The summed E-state index contributed by atoms with van der Waals surface area (Å²) in [6, 6.07) is 4.33. The van der Waals surface area contributed by atoms with E-state index in [1.807, 2.05) is 6.20 Å². The zero-order valence-electron chi connectivity index (χ0n) is 11.4. The number of likely N-dealkylation sites (tertiary alicyclic amines) is 1. The van der Waals surface area contributed by atoms with Crippen LogP contribution in [0, 0.1) is 5.41 Å². The predicted molar refractivity (Wildman–Crippen MR) is 74.6 cm³/mol. The van der Waals surface area contributed by atoms with Crippen molar-refractivity contribution in [2.75, 3.05) is 19.6 Å². The van der Waals surface area contributed by atoms with Crippen molar-refractivity contribution in [3.8, 4) is 0 Å². The monoisotopic (exact) mass is 244 g/mol. The van der Waals surface area contributed by atoms with E-state index in [1.165, 1.54) is 57.3 Å². The number of nitrogens with zero attached hydrogens (tertiary/aromatic N) is 2. The molecule has 0 amide bonds. The van der Waals surface area contributed by atoms with Gasteiger partial charge < -0.3 is 4.90 Å². The highest BCUT2D eigenvalue weighted by Gasteiger charge is 2.40. The summed E-state index contributed by atoms with van der Waals surface area (Å²) in [7, 11) is 0. The van der Waals surface area contributed by atoms with Crippen molar-refractivity contribution in [2.24, 2.45) is 5.41 Å². The van der Waals surface area contributed by atoms with E-state index in [1.54, 1.807) is 0 Å². The van der Waals surface area contributed by atoms with Gasteiger partial charge in [-0.3, -0.25) is 4.98 Å². The molecule has 2 nitrogen and oxygen atoms in total. The fraction of sp³-hybridized carbons (Fsp3) is 0.688. The van der Waals surface area contributed by atoms with Gasteiger partial charge >= 0.3 is 0 Å². The first-order chi connectivity index (χ1) is 8.81. The second-order valence-electron chi connectivity index (χ2n) is 6.18. The van der Waals surface area contributed by atoms with Gasteiger partial charge in [0.15, 0.2) is 0 Å². The first-order valence-electron chi connectivity index (χ1n) is 7.44. The van der Waals surface area contributed by atoms with E-state index in [0.29, 0.717) is 5.41 Å². The number of aromatic nitrogens is 1. The molecule has 2 heterocycles. The Morgan fingerprint density at radius 2 is 2.17 bits per heavy atom. The average Bonchev–Trinajstić information content (AvgIpc) is 2.84. The lowest BCUT2D eigenvalue weighted by Crippen LogP contribution is -2.31. The van der Waals surface area contributed by atoms with Gasteiger partial charge in [0.1, 0.15) is 0 Å². The Kier molecular flexibility index (Phi) is 3.38. The Balaban J connectivity index is 1.62. The zero-order chi connectivity index (χ0) is 12.4. The maximum absolute atomic E-state index is 4.27. The van der Waals surface area contributed by atoms with Crippen LogP contribution in [0.2, 0.25) is 0 Å². The van der Waals surface area contributed by atoms with Gasteiger partial charge in [0.25, 0.3) is 0 Å². The Bertz CT molecular complexity index is 379. The average molecular weight is 244 g/mol. The van der Waals surface area contributed by atoms with E-state index in [9.17, 15) is 0 Å². The molecule has 0 N–H and O–H groups in total. The standard InChI is InChI=1S/C16H24N2/c1-2-18-11-9-16(13-18)7-5-14(6-8-16)15-4-3-10-17-12-15/h3-4,10,12,14H,2,5-9,11,13H2,1H3. The van der Waals surface area contributed by atoms with Crippen LogP contribution in [0.1, 0.15) is 50.5 Å². The van der Waals surface area contributed by atoms with Crippen molar-refractivity contribution in [3.63, 3.8) is 0 Å². The number of hydrogen-bond donors (Lipinski definition) is 0. The van der Waals surface area contributed by atoms with Crippen molar-refractivity contribution in [1.82, 2.24) is 9.88 Å². The molecule has 18 heavy (non-hydrogen) atoms. The van der Waals surface area contributed by atoms with Crippen LogP contribution in [0.5, 0.6) is 0 Å². The molecule has 2 heteroatoms. The number of hydrogen-bond acceptors (Lipinski definition) is 2. The Morgan fingerprint density at radius 3 is 2.78 bits per heavy atom.